The Labute approximate surface area is 156 Å². The zero-order valence-electron chi connectivity index (χ0n) is 14.7. The van der Waals surface area contributed by atoms with Crippen molar-refractivity contribution >= 4 is 11.8 Å². The lowest BCUT2D eigenvalue weighted by atomic mass is 9.92. The van der Waals surface area contributed by atoms with E-state index in [1.54, 1.807) is 24.3 Å². The molecule has 0 unspecified atom stereocenters. The maximum Gasteiger partial charge on any atom is 0.340 e. The van der Waals surface area contributed by atoms with Crippen LogP contribution in [-0.2, 0) is 20.7 Å². The number of hydrogen-bond donors (Lipinski definition) is 1. The molecule has 0 aromatic heterocycles. The van der Waals surface area contributed by atoms with E-state index in [1.807, 2.05) is 30.3 Å². The number of rotatable bonds is 7. The van der Waals surface area contributed by atoms with E-state index in [0.717, 1.165) is 5.56 Å². The lowest BCUT2D eigenvalue weighted by Gasteiger charge is -2.13. The molecule has 6 nitrogen and oxygen atoms in total. The van der Waals surface area contributed by atoms with Crippen molar-refractivity contribution in [1.29, 1.82) is 0 Å². The van der Waals surface area contributed by atoms with Gasteiger partial charge in [0.2, 0.25) is 6.79 Å². The quantitative estimate of drug-likeness (QED) is 0.598. The number of carboxylic acids is 1. The Balaban J connectivity index is 2.09. The van der Waals surface area contributed by atoms with Crippen molar-refractivity contribution in [3.63, 3.8) is 0 Å². The van der Waals surface area contributed by atoms with E-state index in [0.29, 0.717) is 11.3 Å². The number of carbonyl (C=O) groups excluding carboxylic acids is 1. The summed E-state index contributed by atoms with van der Waals surface area (Å²) < 4.78 is 15.3. The summed E-state index contributed by atoms with van der Waals surface area (Å²) in [6, 6.07) is 15.7. The summed E-state index contributed by atoms with van der Waals surface area (Å²) in [6.45, 7) is -0.0819. The topological polar surface area (TPSA) is 82.1 Å². The average molecular weight is 366 g/mol. The molecule has 3 rings (SSSR count). The third kappa shape index (κ3) is 4.17. The minimum Gasteiger partial charge on any atom is -0.497 e. The molecule has 0 saturated carbocycles. The Morgan fingerprint density at radius 1 is 1.07 bits per heavy atom. The number of allylic oxidation sites excluding steroid dienone is 1. The first-order chi connectivity index (χ1) is 13.1. The van der Waals surface area contributed by atoms with E-state index < -0.39 is 11.8 Å². The fraction of sp³-hybridized carbons (Fsp3) is 0.143. The average Bonchev–Trinajstić information content (AvgIpc) is 3.22. The van der Waals surface area contributed by atoms with Gasteiger partial charge in [-0.25, -0.2) is 4.79 Å². The van der Waals surface area contributed by atoms with Crippen molar-refractivity contribution in [2.75, 3.05) is 13.9 Å². The van der Waals surface area contributed by atoms with E-state index in [4.69, 9.17) is 14.2 Å². The van der Waals surface area contributed by atoms with Crippen LogP contribution < -0.4 is 4.74 Å². The molecule has 1 aliphatic rings. The molecule has 138 valence electrons. The summed E-state index contributed by atoms with van der Waals surface area (Å²) >= 11 is 0. The lowest BCUT2D eigenvalue weighted by Crippen LogP contribution is -2.16. The molecule has 0 amide bonds. The highest BCUT2D eigenvalue weighted by molar-refractivity contribution is 6.14. The van der Waals surface area contributed by atoms with Crippen molar-refractivity contribution in [2.24, 2.45) is 0 Å². The second-order valence-electron chi connectivity index (χ2n) is 5.79. The third-order valence-electron chi connectivity index (χ3n) is 4.08. The summed E-state index contributed by atoms with van der Waals surface area (Å²) in [5, 5.41) is 9.75. The fourth-order valence-electron chi connectivity index (χ4n) is 2.75. The van der Waals surface area contributed by atoms with Gasteiger partial charge in [0, 0.05) is 17.6 Å². The van der Waals surface area contributed by atoms with Crippen molar-refractivity contribution in [3.8, 4) is 5.75 Å². The number of aliphatic carboxylic acids is 1. The first-order valence-electron chi connectivity index (χ1n) is 8.24. The molecule has 0 radical (unpaired) electrons. The van der Waals surface area contributed by atoms with Gasteiger partial charge in [0.25, 0.3) is 0 Å². The molecule has 0 spiro atoms. The zero-order chi connectivity index (χ0) is 19.2. The largest absolute Gasteiger partial charge is 0.497 e. The molecule has 2 aromatic carbocycles. The number of ether oxygens (including phenoxy) is 3. The molecule has 27 heavy (non-hydrogen) atoms. The maximum atomic E-state index is 13.2. The van der Waals surface area contributed by atoms with Crippen LogP contribution in [0.2, 0.25) is 0 Å². The van der Waals surface area contributed by atoms with E-state index in [9.17, 15) is 14.7 Å². The molecule has 1 aliphatic heterocycles. The summed E-state index contributed by atoms with van der Waals surface area (Å²) in [6.07, 6.45) is 1.36. The van der Waals surface area contributed by atoms with Crippen LogP contribution >= 0.6 is 0 Å². The van der Waals surface area contributed by atoms with Crippen LogP contribution in [0.1, 0.15) is 15.9 Å². The molecule has 0 saturated heterocycles. The molecular formula is C21H18O6. The van der Waals surface area contributed by atoms with Gasteiger partial charge in [-0.15, -0.1) is 0 Å². The molecule has 1 heterocycles. The Morgan fingerprint density at radius 3 is 2.33 bits per heavy atom. The third-order valence-corrected chi connectivity index (χ3v) is 4.08. The second-order valence-corrected chi connectivity index (χ2v) is 5.79. The smallest absolute Gasteiger partial charge is 0.340 e. The Kier molecular flexibility index (Phi) is 5.56. The van der Waals surface area contributed by atoms with E-state index in [1.165, 1.54) is 13.4 Å². The molecular weight excluding hydrogens is 348 g/mol. The van der Waals surface area contributed by atoms with Crippen LogP contribution in [-0.4, -0.2) is 30.8 Å². The van der Waals surface area contributed by atoms with Crippen LogP contribution in [0.25, 0.3) is 0 Å². The summed E-state index contributed by atoms with van der Waals surface area (Å²) in [4.78, 5) is 25.1. The van der Waals surface area contributed by atoms with Gasteiger partial charge in [-0.05, 0) is 29.8 Å². The number of benzene rings is 2. The number of hydrogen-bond acceptors (Lipinski definition) is 5. The number of carbonyl (C=O) groups is 2. The van der Waals surface area contributed by atoms with Crippen molar-refractivity contribution in [2.45, 2.75) is 6.42 Å². The summed E-state index contributed by atoms with van der Waals surface area (Å²) in [5.74, 6) is -1.00. The number of Topliss-reactive ketones (excluding diaryl/α,β-unsaturated/α-hetero) is 1. The Morgan fingerprint density at radius 2 is 1.78 bits per heavy atom. The minimum atomic E-state index is -1.25. The van der Waals surface area contributed by atoms with E-state index in [-0.39, 0.29) is 30.1 Å². The molecule has 2 aromatic rings. The van der Waals surface area contributed by atoms with Gasteiger partial charge in [0.05, 0.1) is 7.11 Å². The normalized spacial score (nSPS) is 13.7. The van der Waals surface area contributed by atoms with Gasteiger partial charge < -0.3 is 19.3 Å². The van der Waals surface area contributed by atoms with Gasteiger partial charge in [-0.3, -0.25) is 4.79 Å². The number of methoxy groups -OCH3 is 1. The second kappa shape index (κ2) is 8.23. The minimum absolute atomic E-state index is 0.0373. The monoisotopic (exact) mass is 366 g/mol. The highest BCUT2D eigenvalue weighted by Gasteiger charge is 2.28. The number of ketones is 1. The van der Waals surface area contributed by atoms with Gasteiger partial charge in [-0.2, -0.15) is 0 Å². The molecule has 0 fully saturated rings. The molecule has 0 bridgehead atoms. The fourth-order valence-corrected chi connectivity index (χ4v) is 2.75. The van der Waals surface area contributed by atoms with Crippen LogP contribution in [0.3, 0.4) is 0 Å². The lowest BCUT2D eigenvalue weighted by molar-refractivity contribution is -0.132. The maximum absolute atomic E-state index is 13.2. The van der Waals surface area contributed by atoms with Crippen molar-refractivity contribution in [1.82, 2.24) is 0 Å². The van der Waals surface area contributed by atoms with Crippen LogP contribution in [0.4, 0.5) is 0 Å². The van der Waals surface area contributed by atoms with Crippen LogP contribution in [0, 0.1) is 0 Å². The van der Waals surface area contributed by atoms with Crippen molar-refractivity contribution < 1.29 is 28.9 Å². The molecule has 0 aliphatic carbocycles. The molecule has 0 atom stereocenters. The van der Waals surface area contributed by atoms with Crippen LogP contribution in [0.15, 0.2) is 77.8 Å². The van der Waals surface area contributed by atoms with Gasteiger partial charge in [0.1, 0.15) is 17.6 Å². The standard InChI is InChI=1S/C21H18O6/c1-25-16-9-7-15(8-10-16)20(22)17(11-14-5-3-2-4-6-14)19(21(23)24)18-12-26-13-27-18/h2-10,12H,11,13H2,1H3,(H,23,24). The Bertz CT molecular complexity index is 894. The summed E-state index contributed by atoms with van der Waals surface area (Å²) in [7, 11) is 1.53. The highest BCUT2D eigenvalue weighted by atomic mass is 16.7. The highest BCUT2D eigenvalue weighted by Crippen LogP contribution is 2.26. The molecule has 6 heteroatoms. The predicted octanol–water partition coefficient (Wildman–Crippen LogP) is 3.35. The SMILES string of the molecule is COc1ccc(C(=O)C(Cc2ccccc2)=C(C(=O)O)C2=COCO2)cc1. The van der Waals surface area contributed by atoms with Gasteiger partial charge in [-0.1, -0.05) is 30.3 Å². The van der Waals surface area contributed by atoms with Crippen LogP contribution in [0.5, 0.6) is 5.75 Å². The summed E-state index contributed by atoms with van der Waals surface area (Å²) in [5.41, 5.74) is 1.10. The van der Waals surface area contributed by atoms with Gasteiger partial charge in [0.15, 0.2) is 11.5 Å². The Hall–Kier alpha value is -3.54. The van der Waals surface area contributed by atoms with E-state index in [2.05, 4.69) is 0 Å². The van der Waals surface area contributed by atoms with Crippen molar-refractivity contribution in [3.05, 3.63) is 88.9 Å². The molecule has 1 N–H and O–H groups in total. The first-order valence-corrected chi connectivity index (χ1v) is 8.24. The number of carboxylic acid groups (broad SMARTS) is 1. The zero-order valence-corrected chi connectivity index (χ0v) is 14.7. The van der Waals surface area contributed by atoms with E-state index >= 15 is 0 Å². The van der Waals surface area contributed by atoms with Gasteiger partial charge >= 0.3 is 5.97 Å². The predicted molar refractivity (Wildman–Crippen MR) is 97.3 cm³/mol. The first kappa shape index (κ1) is 18.3.